The van der Waals surface area contributed by atoms with Gasteiger partial charge in [-0.05, 0) is 39.7 Å². The first-order chi connectivity index (χ1) is 6.87. The fourth-order valence-electron chi connectivity index (χ4n) is 1.14. The molecular formula is C11H23NO3. The van der Waals surface area contributed by atoms with Gasteiger partial charge in [0, 0.05) is 6.54 Å². The molecule has 1 rings (SSSR count). The molecule has 1 heterocycles. The lowest BCUT2D eigenvalue weighted by molar-refractivity contribution is -0.138. The van der Waals surface area contributed by atoms with E-state index in [9.17, 15) is 4.79 Å². The SMILES string of the molecule is CC(C)(C)OC=O.CC1CNCCC1O. The molecular weight excluding hydrogens is 194 g/mol. The van der Waals surface area contributed by atoms with Gasteiger partial charge in [-0.25, -0.2) is 0 Å². The van der Waals surface area contributed by atoms with Crippen LogP contribution in [0.25, 0.3) is 0 Å². The fourth-order valence-corrected chi connectivity index (χ4v) is 1.14. The van der Waals surface area contributed by atoms with E-state index >= 15 is 0 Å². The molecule has 0 aromatic heterocycles. The smallest absolute Gasteiger partial charge is 0.293 e. The molecule has 1 saturated heterocycles. The Morgan fingerprint density at radius 3 is 2.27 bits per heavy atom. The van der Waals surface area contributed by atoms with Crippen molar-refractivity contribution in [2.24, 2.45) is 5.92 Å². The van der Waals surface area contributed by atoms with Gasteiger partial charge in [-0.1, -0.05) is 6.92 Å². The average Bonchev–Trinajstić information content (AvgIpc) is 2.09. The molecule has 15 heavy (non-hydrogen) atoms. The molecule has 4 nitrogen and oxygen atoms in total. The Balaban J connectivity index is 0.000000265. The molecule has 2 N–H and O–H groups in total. The third-order valence-electron chi connectivity index (χ3n) is 2.14. The van der Waals surface area contributed by atoms with Gasteiger partial charge < -0.3 is 15.2 Å². The minimum atomic E-state index is -0.318. The number of hydrogen-bond acceptors (Lipinski definition) is 4. The van der Waals surface area contributed by atoms with E-state index < -0.39 is 0 Å². The van der Waals surface area contributed by atoms with Gasteiger partial charge in [0.2, 0.25) is 0 Å². The van der Waals surface area contributed by atoms with Gasteiger partial charge in [0.1, 0.15) is 5.60 Å². The van der Waals surface area contributed by atoms with Crippen LogP contribution in [0.3, 0.4) is 0 Å². The summed E-state index contributed by atoms with van der Waals surface area (Å²) in [4.78, 5) is 9.60. The van der Waals surface area contributed by atoms with Crippen molar-refractivity contribution < 1.29 is 14.6 Å². The summed E-state index contributed by atoms with van der Waals surface area (Å²) < 4.78 is 4.55. The molecule has 2 atom stereocenters. The zero-order valence-corrected chi connectivity index (χ0v) is 10.1. The first-order valence-electron chi connectivity index (χ1n) is 5.37. The highest BCUT2D eigenvalue weighted by atomic mass is 16.5. The van der Waals surface area contributed by atoms with E-state index in [1.165, 1.54) is 0 Å². The van der Waals surface area contributed by atoms with Crippen LogP contribution in [-0.4, -0.2) is 36.4 Å². The van der Waals surface area contributed by atoms with Gasteiger partial charge in [-0.15, -0.1) is 0 Å². The average molecular weight is 217 g/mol. The number of ether oxygens (including phenoxy) is 1. The van der Waals surface area contributed by atoms with E-state index in [4.69, 9.17) is 5.11 Å². The molecule has 0 spiro atoms. The Kier molecular flexibility index (Phi) is 6.52. The minimum Gasteiger partial charge on any atom is -0.462 e. The number of rotatable bonds is 1. The Labute approximate surface area is 92.0 Å². The molecule has 1 aliphatic rings. The van der Waals surface area contributed by atoms with Gasteiger partial charge in [-0.3, -0.25) is 4.79 Å². The third-order valence-corrected chi connectivity index (χ3v) is 2.14. The lowest BCUT2D eigenvalue weighted by Gasteiger charge is -2.24. The molecule has 0 aromatic carbocycles. The second-order valence-corrected chi connectivity index (χ2v) is 4.86. The summed E-state index contributed by atoms with van der Waals surface area (Å²) in [6.45, 7) is 9.94. The van der Waals surface area contributed by atoms with Crippen LogP contribution in [0.2, 0.25) is 0 Å². The van der Waals surface area contributed by atoms with Crippen LogP contribution >= 0.6 is 0 Å². The monoisotopic (exact) mass is 217 g/mol. The van der Waals surface area contributed by atoms with Gasteiger partial charge in [-0.2, -0.15) is 0 Å². The van der Waals surface area contributed by atoms with Gasteiger partial charge in [0.15, 0.2) is 0 Å². The van der Waals surface area contributed by atoms with Crippen LogP contribution in [0, 0.1) is 5.92 Å². The number of piperidine rings is 1. The summed E-state index contributed by atoms with van der Waals surface area (Å²) >= 11 is 0. The van der Waals surface area contributed by atoms with E-state index in [1.807, 2.05) is 20.8 Å². The maximum absolute atomic E-state index is 9.60. The maximum Gasteiger partial charge on any atom is 0.293 e. The van der Waals surface area contributed by atoms with E-state index in [0.29, 0.717) is 12.4 Å². The Morgan fingerprint density at radius 2 is 2.07 bits per heavy atom. The molecule has 2 unspecified atom stereocenters. The third kappa shape index (κ3) is 8.39. The van der Waals surface area contributed by atoms with Crippen molar-refractivity contribution in [3.8, 4) is 0 Å². The van der Waals surface area contributed by atoms with Crippen molar-refractivity contribution in [3.63, 3.8) is 0 Å². The zero-order chi connectivity index (χ0) is 11.9. The summed E-state index contributed by atoms with van der Waals surface area (Å²) in [7, 11) is 0. The molecule has 4 heteroatoms. The Morgan fingerprint density at radius 1 is 1.47 bits per heavy atom. The van der Waals surface area contributed by atoms with Crippen molar-refractivity contribution in [1.82, 2.24) is 5.32 Å². The van der Waals surface area contributed by atoms with Crippen LogP contribution in [0.5, 0.6) is 0 Å². The number of nitrogens with one attached hydrogen (secondary N) is 1. The molecule has 1 fully saturated rings. The van der Waals surface area contributed by atoms with Gasteiger partial charge in [0.25, 0.3) is 6.47 Å². The molecule has 0 bridgehead atoms. The second-order valence-electron chi connectivity index (χ2n) is 4.86. The normalized spacial score (nSPS) is 26.2. The first kappa shape index (κ1) is 14.4. The summed E-state index contributed by atoms with van der Waals surface area (Å²) in [5.74, 6) is 0.448. The topological polar surface area (TPSA) is 58.6 Å². The highest BCUT2D eigenvalue weighted by molar-refractivity contribution is 5.37. The number of aliphatic hydroxyl groups is 1. The van der Waals surface area contributed by atoms with Crippen molar-refractivity contribution in [2.75, 3.05) is 13.1 Å². The van der Waals surface area contributed by atoms with Gasteiger partial charge in [0.05, 0.1) is 6.10 Å². The summed E-state index contributed by atoms with van der Waals surface area (Å²) in [5.41, 5.74) is -0.318. The van der Waals surface area contributed by atoms with Crippen molar-refractivity contribution >= 4 is 6.47 Å². The first-order valence-corrected chi connectivity index (χ1v) is 5.37. The predicted octanol–water partition coefficient (Wildman–Crippen LogP) is 0.935. The maximum atomic E-state index is 9.60. The van der Waals surface area contributed by atoms with E-state index in [1.54, 1.807) is 0 Å². The highest BCUT2D eigenvalue weighted by Crippen LogP contribution is 2.08. The zero-order valence-electron chi connectivity index (χ0n) is 10.1. The molecule has 0 radical (unpaired) electrons. The largest absolute Gasteiger partial charge is 0.462 e. The molecule has 90 valence electrons. The lowest BCUT2D eigenvalue weighted by atomic mass is 9.99. The van der Waals surface area contributed by atoms with E-state index in [2.05, 4.69) is 17.0 Å². The van der Waals surface area contributed by atoms with Crippen LogP contribution in [-0.2, 0) is 9.53 Å². The molecule has 1 aliphatic heterocycles. The Hall–Kier alpha value is -0.610. The number of carbonyl (C=O) groups excluding carboxylic acids is 1. The molecule has 0 saturated carbocycles. The molecule has 0 aromatic rings. The number of aliphatic hydroxyl groups excluding tert-OH is 1. The quantitative estimate of drug-likeness (QED) is 0.642. The molecule has 0 aliphatic carbocycles. The van der Waals surface area contributed by atoms with Crippen LogP contribution in [0.1, 0.15) is 34.1 Å². The van der Waals surface area contributed by atoms with Crippen LogP contribution in [0.4, 0.5) is 0 Å². The minimum absolute atomic E-state index is 0.0590. The number of carbonyl (C=O) groups is 1. The van der Waals surface area contributed by atoms with Crippen molar-refractivity contribution in [3.05, 3.63) is 0 Å². The standard InChI is InChI=1S/C6H13NO.C5H10O2/c1-5-4-7-3-2-6(5)8;1-5(2,3)7-4-6/h5-8H,2-4H2,1H3;4H,1-3H3. The molecule has 0 amide bonds. The lowest BCUT2D eigenvalue weighted by Crippen LogP contribution is -2.38. The highest BCUT2D eigenvalue weighted by Gasteiger charge is 2.16. The number of hydrogen-bond donors (Lipinski definition) is 2. The van der Waals surface area contributed by atoms with Crippen molar-refractivity contribution in [1.29, 1.82) is 0 Å². The van der Waals surface area contributed by atoms with Crippen LogP contribution in [0.15, 0.2) is 0 Å². The fraction of sp³-hybridized carbons (Fsp3) is 0.909. The second kappa shape index (κ2) is 6.80. The van der Waals surface area contributed by atoms with Crippen LogP contribution < -0.4 is 5.32 Å². The van der Waals surface area contributed by atoms with E-state index in [0.717, 1.165) is 19.5 Å². The van der Waals surface area contributed by atoms with Crippen molar-refractivity contribution in [2.45, 2.75) is 45.8 Å². The predicted molar refractivity (Wildman–Crippen MR) is 59.6 cm³/mol. The summed E-state index contributed by atoms with van der Waals surface area (Å²) in [6.07, 6.45) is 0.859. The summed E-state index contributed by atoms with van der Waals surface area (Å²) in [5, 5.41) is 12.3. The van der Waals surface area contributed by atoms with Gasteiger partial charge >= 0.3 is 0 Å². The van der Waals surface area contributed by atoms with E-state index in [-0.39, 0.29) is 11.7 Å². The Bertz CT molecular complexity index is 167. The summed E-state index contributed by atoms with van der Waals surface area (Å²) in [6, 6.07) is 0.